The SMILES string of the molecule is COc1ccc(C=NNC(=O)CN(Cc2ccccc2Cl)S(=O)(=O)c2ccc(C)cc2)cc1. The van der Waals surface area contributed by atoms with Crippen molar-refractivity contribution in [2.75, 3.05) is 13.7 Å². The van der Waals surface area contributed by atoms with Crippen molar-refractivity contribution in [3.05, 3.63) is 94.5 Å². The number of ether oxygens (including phenoxy) is 1. The lowest BCUT2D eigenvalue weighted by atomic mass is 10.2. The molecule has 3 aromatic rings. The van der Waals surface area contributed by atoms with Crippen LogP contribution in [0.15, 0.2) is 82.8 Å². The Morgan fingerprint density at radius 1 is 1.06 bits per heavy atom. The van der Waals surface area contributed by atoms with Gasteiger partial charge in [-0.1, -0.05) is 47.5 Å². The number of aryl methyl sites for hydroxylation is 1. The van der Waals surface area contributed by atoms with E-state index in [2.05, 4.69) is 10.5 Å². The molecular weight excluding hydrogens is 462 g/mol. The van der Waals surface area contributed by atoms with Crippen molar-refractivity contribution in [1.29, 1.82) is 0 Å². The number of methoxy groups -OCH3 is 1. The maximum atomic E-state index is 13.3. The summed E-state index contributed by atoms with van der Waals surface area (Å²) in [6.45, 7) is 1.37. The monoisotopic (exact) mass is 485 g/mol. The van der Waals surface area contributed by atoms with Crippen LogP contribution in [0.1, 0.15) is 16.7 Å². The van der Waals surface area contributed by atoms with Gasteiger partial charge in [0.1, 0.15) is 5.75 Å². The number of nitrogens with one attached hydrogen (secondary N) is 1. The number of hydrogen-bond acceptors (Lipinski definition) is 5. The van der Waals surface area contributed by atoms with E-state index < -0.39 is 22.5 Å². The summed E-state index contributed by atoms with van der Waals surface area (Å²) < 4.78 is 32.8. The highest BCUT2D eigenvalue weighted by atomic mass is 35.5. The molecule has 3 rings (SSSR count). The summed E-state index contributed by atoms with van der Waals surface area (Å²) in [5.41, 5.74) is 4.65. The first-order valence-corrected chi connectivity index (χ1v) is 11.9. The summed E-state index contributed by atoms with van der Waals surface area (Å²) in [5.74, 6) is 0.121. The second-order valence-electron chi connectivity index (χ2n) is 7.24. The average Bonchev–Trinajstić information content (AvgIpc) is 2.80. The Morgan fingerprint density at radius 2 is 1.73 bits per heavy atom. The minimum absolute atomic E-state index is 0.0640. The quantitative estimate of drug-likeness (QED) is 0.366. The van der Waals surface area contributed by atoms with Gasteiger partial charge in [0.25, 0.3) is 5.91 Å². The molecule has 9 heteroatoms. The zero-order valence-corrected chi connectivity index (χ0v) is 19.8. The number of carbonyl (C=O) groups excluding carboxylic acids is 1. The average molecular weight is 486 g/mol. The molecule has 0 atom stereocenters. The van der Waals surface area contributed by atoms with Crippen LogP contribution in [0.5, 0.6) is 5.75 Å². The third-order valence-electron chi connectivity index (χ3n) is 4.80. The molecule has 33 heavy (non-hydrogen) atoms. The standard InChI is InChI=1S/C24H24ClN3O4S/c1-18-7-13-22(14-8-18)33(30,31)28(16-20-5-3-4-6-23(20)25)17-24(29)27-26-15-19-9-11-21(32-2)12-10-19/h3-15H,16-17H2,1-2H3,(H,27,29). The number of carbonyl (C=O) groups is 1. The van der Waals surface area contributed by atoms with Crippen molar-refractivity contribution in [1.82, 2.24) is 9.73 Å². The molecule has 0 unspecified atom stereocenters. The highest BCUT2D eigenvalue weighted by molar-refractivity contribution is 7.89. The highest BCUT2D eigenvalue weighted by Crippen LogP contribution is 2.22. The molecule has 7 nitrogen and oxygen atoms in total. The molecule has 0 radical (unpaired) electrons. The zero-order valence-electron chi connectivity index (χ0n) is 18.2. The van der Waals surface area contributed by atoms with Gasteiger partial charge < -0.3 is 4.74 Å². The van der Waals surface area contributed by atoms with Crippen LogP contribution in [0.3, 0.4) is 0 Å². The molecule has 1 N–H and O–H groups in total. The molecule has 0 aliphatic heterocycles. The van der Waals surface area contributed by atoms with Gasteiger partial charge in [-0.3, -0.25) is 4.79 Å². The van der Waals surface area contributed by atoms with Gasteiger partial charge in [0.15, 0.2) is 0 Å². The second-order valence-corrected chi connectivity index (χ2v) is 9.59. The van der Waals surface area contributed by atoms with Crippen LogP contribution in [0.2, 0.25) is 5.02 Å². The van der Waals surface area contributed by atoms with E-state index in [9.17, 15) is 13.2 Å². The van der Waals surface area contributed by atoms with Crippen LogP contribution in [0.4, 0.5) is 0 Å². The van der Waals surface area contributed by atoms with Gasteiger partial charge in [-0.2, -0.15) is 9.41 Å². The van der Waals surface area contributed by atoms with Gasteiger partial charge in [-0.05, 0) is 60.5 Å². The van der Waals surface area contributed by atoms with E-state index in [0.717, 1.165) is 15.4 Å². The van der Waals surface area contributed by atoms with Crippen molar-refractivity contribution >= 4 is 33.7 Å². The summed E-state index contributed by atoms with van der Waals surface area (Å²) >= 11 is 6.24. The van der Waals surface area contributed by atoms with Crippen LogP contribution >= 0.6 is 11.6 Å². The minimum Gasteiger partial charge on any atom is -0.497 e. The molecule has 0 spiro atoms. The Balaban J connectivity index is 1.78. The predicted molar refractivity (Wildman–Crippen MR) is 129 cm³/mol. The Hall–Kier alpha value is -3.20. The van der Waals surface area contributed by atoms with E-state index in [1.54, 1.807) is 67.8 Å². The van der Waals surface area contributed by atoms with Crippen LogP contribution < -0.4 is 10.2 Å². The lowest BCUT2D eigenvalue weighted by Crippen LogP contribution is -2.39. The number of hydrazone groups is 1. The lowest BCUT2D eigenvalue weighted by molar-refractivity contribution is -0.121. The van der Waals surface area contributed by atoms with Gasteiger partial charge >= 0.3 is 0 Å². The lowest BCUT2D eigenvalue weighted by Gasteiger charge is -2.22. The number of benzene rings is 3. The third-order valence-corrected chi connectivity index (χ3v) is 6.98. The molecule has 1 amide bonds. The van der Waals surface area contributed by atoms with Crippen molar-refractivity contribution in [2.45, 2.75) is 18.4 Å². The summed E-state index contributed by atoms with van der Waals surface area (Å²) in [5, 5.41) is 4.34. The van der Waals surface area contributed by atoms with Crippen molar-refractivity contribution in [2.24, 2.45) is 5.10 Å². The van der Waals surface area contributed by atoms with E-state index in [4.69, 9.17) is 16.3 Å². The molecule has 0 fully saturated rings. The zero-order chi connectivity index (χ0) is 23.8. The van der Waals surface area contributed by atoms with E-state index in [1.807, 2.05) is 6.92 Å². The van der Waals surface area contributed by atoms with Gasteiger partial charge in [-0.15, -0.1) is 0 Å². The fraction of sp³-hybridized carbons (Fsp3) is 0.167. The van der Waals surface area contributed by atoms with Crippen LogP contribution in [0.25, 0.3) is 0 Å². The number of hydrogen-bond donors (Lipinski definition) is 1. The molecule has 0 aliphatic carbocycles. The topological polar surface area (TPSA) is 88.1 Å². The Kier molecular flexibility index (Phi) is 8.21. The maximum Gasteiger partial charge on any atom is 0.255 e. The Morgan fingerprint density at radius 3 is 2.36 bits per heavy atom. The van der Waals surface area contributed by atoms with E-state index in [-0.39, 0.29) is 11.4 Å². The first kappa shape index (κ1) is 24.4. The van der Waals surface area contributed by atoms with Crippen molar-refractivity contribution in [3.63, 3.8) is 0 Å². The number of sulfonamides is 1. The normalized spacial score (nSPS) is 11.6. The van der Waals surface area contributed by atoms with Gasteiger partial charge in [0.05, 0.1) is 24.8 Å². The second kappa shape index (κ2) is 11.1. The molecule has 0 saturated heterocycles. The summed E-state index contributed by atoms with van der Waals surface area (Å²) in [7, 11) is -2.39. The van der Waals surface area contributed by atoms with E-state index in [1.165, 1.54) is 18.3 Å². The molecule has 172 valence electrons. The number of amides is 1. The first-order chi connectivity index (χ1) is 15.8. The Bertz CT molecular complexity index is 1230. The molecular formula is C24H24ClN3O4S. The van der Waals surface area contributed by atoms with E-state index >= 15 is 0 Å². The predicted octanol–water partition coefficient (Wildman–Crippen LogP) is 4.00. The first-order valence-electron chi connectivity index (χ1n) is 10.1. The minimum atomic E-state index is -3.96. The molecule has 3 aromatic carbocycles. The highest BCUT2D eigenvalue weighted by Gasteiger charge is 2.27. The number of halogens is 1. The van der Waals surface area contributed by atoms with Gasteiger partial charge in [-0.25, -0.2) is 13.8 Å². The smallest absolute Gasteiger partial charge is 0.255 e. The summed E-state index contributed by atoms with van der Waals surface area (Å²) in [4.78, 5) is 12.7. The number of nitrogens with zero attached hydrogens (tertiary/aromatic N) is 2. The molecule has 0 aromatic heterocycles. The van der Waals surface area contributed by atoms with E-state index in [0.29, 0.717) is 16.3 Å². The van der Waals surface area contributed by atoms with Crippen LogP contribution in [-0.2, 0) is 21.4 Å². The molecule has 0 heterocycles. The molecule has 0 bridgehead atoms. The fourth-order valence-electron chi connectivity index (χ4n) is 2.97. The van der Waals surface area contributed by atoms with Crippen LogP contribution in [-0.4, -0.2) is 38.5 Å². The number of rotatable bonds is 9. The fourth-order valence-corrected chi connectivity index (χ4v) is 4.54. The van der Waals surface area contributed by atoms with Crippen molar-refractivity contribution in [3.8, 4) is 5.75 Å². The third kappa shape index (κ3) is 6.64. The Labute approximate surface area is 198 Å². The largest absolute Gasteiger partial charge is 0.497 e. The summed E-state index contributed by atoms with van der Waals surface area (Å²) in [6, 6.07) is 20.5. The maximum absolute atomic E-state index is 13.3. The van der Waals surface area contributed by atoms with Gasteiger partial charge in [0, 0.05) is 11.6 Å². The molecule has 0 aliphatic rings. The summed E-state index contributed by atoms with van der Waals surface area (Å²) in [6.07, 6.45) is 1.46. The van der Waals surface area contributed by atoms with Gasteiger partial charge in [0.2, 0.25) is 10.0 Å². The van der Waals surface area contributed by atoms with Crippen molar-refractivity contribution < 1.29 is 17.9 Å². The molecule has 0 saturated carbocycles. The van der Waals surface area contributed by atoms with Crippen LogP contribution in [0, 0.1) is 6.92 Å².